The van der Waals surface area contributed by atoms with Gasteiger partial charge in [-0.2, -0.15) is 0 Å². The van der Waals surface area contributed by atoms with Crippen molar-refractivity contribution in [3.8, 4) is 0 Å². The quantitative estimate of drug-likeness (QED) is 0.0222. The minimum atomic E-state index is -4.96. The lowest BCUT2D eigenvalue weighted by atomic mass is 9.99. The summed E-state index contributed by atoms with van der Waals surface area (Å²) in [5, 5.41) is 10.6. The van der Waals surface area contributed by atoms with E-state index in [0.29, 0.717) is 25.7 Å². The lowest BCUT2D eigenvalue weighted by Crippen LogP contribution is -2.30. The van der Waals surface area contributed by atoms with Crippen LogP contribution in [-0.2, 0) is 65.4 Å². The molecule has 0 radical (unpaired) electrons. The van der Waals surface area contributed by atoms with Crippen molar-refractivity contribution in [1.29, 1.82) is 0 Å². The first-order chi connectivity index (χ1) is 50.1. The van der Waals surface area contributed by atoms with E-state index in [0.717, 1.165) is 95.8 Å². The van der Waals surface area contributed by atoms with Gasteiger partial charge in [0.2, 0.25) is 0 Å². The van der Waals surface area contributed by atoms with Crippen molar-refractivity contribution in [3.05, 3.63) is 0 Å². The fourth-order valence-corrected chi connectivity index (χ4v) is 14.7. The minimum Gasteiger partial charge on any atom is -0.462 e. The number of hydrogen-bond donors (Lipinski definition) is 3. The van der Waals surface area contributed by atoms with Gasteiger partial charge < -0.3 is 33.8 Å². The summed E-state index contributed by atoms with van der Waals surface area (Å²) in [7, 11) is -9.92. The van der Waals surface area contributed by atoms with Gasteiger partial charge in [-0.05, 0) is 31.6 Å². The van der Waals surface area contributed by atoms with Gasteiger partial charge in [-0.25, -0.2) is 9.13 Å². The van der Waals surface area contributed by atoms with E-state index >= 15 is 0 Å². The number of ether oxygens (including phenoxy) is 4. The molecule has 3 unspecified atom stereocenters. The van der Waals surface area contributed by atoms with Crippen molar-refractivity contribution < 1.29 is 80.2 Å². The predicted molar refractivity (Wildman–Crippen MR) is 423 cm³/mol. The highest BCUT2D eigenvalue weighted by Crippen LogP contribution is 2.45. The average molecular weight is 1510 g/mol. The van der Waals surface area contributed by atoms with Crippen LogP contribution in [0.3, 0.4) is 0 Å². The van der Waals surface area contributed by atoms with Crippen LogP contribution < -0.4 is 0 Å². The van der Waals surface area contributed by atoms with Gasteiger partial charge in [-0.3, -0.25) is 37.3 Å². The highest BCUT2D eigenvalue weighted by Gasteiger charge is 2.30. The second kappa shape index (κ2) is 76.8. The summed E-state index contributed by atoms with van der Waals surface area (Å²) < 4.78 is 68.7. The molecule has 0 aliphatic carbocycles. The second-order valence-electron chi connectivity index (χ2n) is 30.5. The fraction of sp³-hybridized carbons (Fsp3) is 0.952. The number of carbonyl (C=O) groups excluding carboxylic acids is 4. The molecule has 0 saturated heterocycles. The third kappa shape index (κ3) is 76.6. The Kier molecular flexibility index (Phi) is 75.4. The first-order valence-electron chi connectivity index (χ1n) is 43.7. The third-order valence-corrected chi connectivity index (χ3v) is 22.0. The maximum atomic E-state index is 13.1. The van der Waals surface area contributed by atoms with Gasteiger partial charge >= 0.3 is 39.5 Å². The predicted octanol–water partition coefficient (Wildman–Crippen LogP) is 25.6. The zero-order chi connectivity index (χ0) is 75.5. The van der Waals surface area contributed by atoms with Crippen LogP contribution in [0.2, 0.25) is 0 Å². The first kappa shape index (κ1) is 101. The third-order valence-electron chi connectivity index (χ3n) is 20.1. The van der Waals surface area contributed by atoms with Crippen molar-refractivity contribution in [3.63, 3.8) is 0 Å². The summed E-state index contributed by atoms with van der Waals surface area (Å²) in [6.45, 7) is 7.39. The Hall–Kier alpha value is -1.94. The summed E-state index contributed by atoms with van der Waals surface area (Å²) in [5.41, 5.74) is 0. The number of carbonyl (C=O) groups is 4. The highest BCUT2D eigenvalue weighted by atomic mass is 31.2. The van der Waals surface area contributed by atoms with Crippen molar-refractivity contribution in [2.24, 2.45) is 5.92 Å². The number of hydrogen-bond acceptors (Lipinski definition) is 15. The Balaban J connectivity index is 5.16. The van der Waals surface area contributed by atoms with Crippen LogP contribution in [0.15, 0.2) is 0 Å². The normalized spacial score (nSPS) is 14.1. The van der Waals surface area contributed by atoms with Crippen LogP contribution in [0.5, 0.6) is 0 Å². The molecule has 0 fully saturated rings. The maximum absolute atomic E-state index is 13.1. The molecule has 19 heteroatoms. The fourth-order valence-electron chi connectivity index (χ4n) is 13.1. The summed E-state index contributed by atoms with van der Waals surface area (Å²) >= 11 is 0. The number of phosphoric ester groups is 2. The van der Waals surface area contributed by atoms with E-state index in [2.05, 4.69) is 34.6 Å². The molecule has 0 rings (SSSR count). The standard InChI is InChI=1S/C84H164O17P2/c1-6-10-13-16-19-22-24-25-26-27-28-29-30-34-37-40-44-48-53-58-63-68-82(87)95-74-80(101-84(89)70-65-60-55-50-45-41-38-35-32-31-33-36-39-43-47-51-56-61-66-77(5)9-4)76-99-103(92,93)97-72-78(85)71-96-102(90,91)98-75-79(73-94-81(86)67-62-57-52-46-21-18-15-12-8-3)100-83(88)69-64-59-54-49-42-23-20-17-14-11-7-2/h77-80,85H,6-76H2,1-5H3,(H,90,91)(H,92,93)/t77?,78-,79+,80+/m0/s1. The van der Waals surface area contributed by atoms with Crippen molar-refractivity contribution in [1.82, 2.24) is 0 Å². The molecule has 0 spiro atoms. The second-order valence-corrected chi connectivity index (χ2v) is 33.4. The molecule has 0 aliphatic rings. The van der Waals surface area contributed by atoms with E-state index in [9.17, 15) is 43.2 Å². The molecule has 0 amide bonds. The lowest BCUT2D eigenvalue weighted by molar-refractivity contribution is -0.161. The SMILES string of the molecule is CCCCCCCCCCCCCCCCCCCCCCCC(=O)OC[C@H](COP(=O)(O)OC[C@@H](O)COP(=O)(O)OC[C@@H](COC(=O)CCCCCCCCCCC)OC(=O)CCCCCCCCCCCCC)OC(=O)CCCCCCCCCCCCCCCCCCCCC(C)CC. The summed E-state index contributed by atoms with van der Waals surface area (Å²) in [5.74, 6) is -1.23. The van der Waals surface area contributed by atoms with E-state index in [4.69, 9.17) is 37.0 Å². The van der Waals surface area contributed by atoms with Gasteiger partial charge in [0.1, 0.15) is 19.3 Å². The molecule has 17 nitrogen and oxygen atoms in total. The molecule has 0 aromatic carbocycles. The van der Waals surface area contributed by atoms with Crippen LogP contribution in [-0.4, -0.2) is 96.7 Å². The summed E-state index contributed by atoms with van der Waals surface area (Å²) in [6.07, 6.45) is 69.5. The number of rotatable bonds is 84. The van der Waals surface area contributed by atoms with Gasteiger partial charge in [0.15, 0.2) is 12.2 Å². The average Bonchev–Trinajstić information content (AvgIpc) is 1.09. The van der Waals surface area contributed by atoms with E-state index < -0.39 is 97.5 Å². The molecule has 6 atom stereocenters. The Morgan fingerprint density at radius 2 is 0.466 bits per heavy atom. The molecular weight excluding hydrogens is 1340 g/mol. The molecule has 0 aliphatic heterocycles. The van der Waals surface area contributed by atoms with Gasteiger partial charge in [0.05, 0.1) is 26.4 Å². The van der Waals surface area contributed by atoms with Crippen molar-refractivity contribution >= 4 is 39.5 Å². The maximum Gasteiger partial charge on any atom is 0.472 e. The number of unbranched alkanes of at least 4 members (excludes halogenated alkanes) is 55. The van der Waals surface area contributed by atoms with E-state index in [1.807, 2.05) is 0 Å². The molecule has 3 N–H and O–H groups in total. The van der Waals surface area contributed by atoms with E-state index in [1.165, 1.54) is 276 Å². The smallest absolute Gasteiger partial charge is 0.462 e. The highest BCUT2D eigenvalue weighted by molar-refractivity contribution is 7.47. The van der Waals surface area contributed by atoms with Crippen molar-refractivity contribution in [2.75, 3.05) is 39.6 Å². The minimum absolute atomic E-state index is 0.107. The Labute approximate surface area is 632 Å². The van der Waals surface area contributed by atoms with Gasteiger partial charge in [0.25, 0.3) is 0 Å². The van der Waals surface area contributed by atoms with E-state index in [1.54, 1.807) is 0 Å². The zero-order valence-corrected chi connectivity index (χ0v) is 69.3. The topological polar surface area (TPSA) is 237 Å². The molecule has 0 aromatic heterocycles. The molecule has 0 aromatic rings. The largest absolute Gasteiger partial charge is 0.472 e. The summed E-state index contributed by atoms with van der Waals surface area (Å²) in [4.78, 5) is 73.0. The number of phosphoric acid groups is 2. The number of esters is 4. The van der Waals surface area contributed by atoms with Gasteiger partial charge in [-0.1, -0.05) is 401 Å². The number of aliphatic hydroxyl groups is 1. The first-order valence-corrected chi connectivity index (χ1v) is 46.7. The Bertz CT molecular complexity index is 1960. The van der Waals surface area contributed by atoms with Crippen LogP contribution in [0.4, 0.5) is 0 Å². The van der Waals surface area contributed by atoms with Gasteiger partial charge in [0, 0.05) is 25.7 Å². The Morgan fingerprint density at radius 3 is 0.689 bits per heavy atom. The molecule has 0 heterocycles. The zero-order valence-electron chi connectivity index (χ0n) is 67.5. The number of aliphatic hydroxyl groups excluding tert-OH is 1. The molecular formula is C84H164O17P2. The lowest BCUT2D eigenvalue weighted by Gasteiger charge is -2.21. The van der Waals surface area contributed by atoms with E-state index in [-0.39, 0.29) is 25.7 Å². The molecule has 0 saturated carbocycles. The van der Waals surface area contributed by atoms with Crippen LogP contribution >= 0.6 is 15.6 Å². The monoisotopic (exact) mass is 1510 g/mol. The molecule has 103 heavy (non-hydrogen) atoms. The Morgan fingerprint density at radius 1 is 0.272 bits per heavy atom. The molecule has 612 valence electrons. The van der Waals surface area contributed by atoms with Crippen LogP contribution in [0.1, 0.15) is 452 Å². The van der Waals surface area contributed by atoms with Gasteiger partial charge in [-0.15, -0.1) is 0 Å². The van der Waals surface area contributed by atoms with Crippen LogP contribution in [0.25, 0.3) is 0 Å². The van der Waals surface area contributed by atoms with Crippen LogP contribution in [0, 0.1) is 5.92 Å². The molecule has 0 bridgehead atoms. The van der Waals surface area contributed by atoms with Crippen molar-refractivity contribution in [2.45, 2.75) is 470 Å². The summed E-state index contributed by atoms with van der Waals surface area (Å²) in [6, 6.07) is 0.